The normalized spacial score (nSPS) is 27.2. The van der Waals surface area contributed by atoms with Crippen molar-refractivity contribution in [2.45, 2.75) is 79.6 Å². The Balaban J connectivity index is 2.52. The van der Waals surface area contributed by atoms with Gasteiger partial charge in [-0.25, -0.2) is 0 Å². The van der Waals surface area contributed by atoms with E-state index >= 15 is 0 Å². The fraction of sp³-hybridized carbons (Fsp3) is 1.00. The van der Waals surface area contributed by atoms with Gasteiger partial charge in [0.2, 0.25) is 0 Å². The standard InChI is InChI=1S/C16H32/c1-6-8-10-13(3)14(9-7-2)15-11-12-16(15,4)5/h13-15H,6-12H2,1-5H3. The monoisotopic (exact) mass is 224 g/mol. The van der Waals surface area contributed by atoms with Crippen LogP contribution in [0.25, 0.3) is 0 Å². The molecule has 0 spiro atoms. The molecule has 16 heavy (non-hydrogen) atoms. The van der Waals surface area contributed by atoms with Crippen molar-refractivity contribution in [3.63, 3.8) is 0 Å². The highest BCUT2D eigenvalue weighted by atomic mass is 14.5. The van der Waals surface area contributed by atoms with Crippen LogP contribution in [0.2, 0.25) is 0 Å². The minimum atomic E-state index is 0.639. The first-order valence-electron chi connectivity index (χ1n) is 7.53. The van der Waals surface area contributed by atoms with Gasteiger partial charge in [-0.05, 0) is 36.0 Å². The van der Waals surface area contributed by atoms with Crippen LogP contribution in [-0.2, 0) is 0 Å². The molecule has 0 aromatic rings. The zero-order valence-corrected chi connectivity index (χ0v) is 12.2. The summed E-state index contributed by atoms with van der Waals surface area (Å²) in [5, 5.41) is 0. The second kappa shape index (κ2) is 6.07. The van der Waals surface area contributed by atoms with E-state index in [1.165, 1.54) is 44.9 Å². The fourth-order valence-corrected chi connectivity index (χ4v) is 3.64. The molecule has 96 valence electrons. The van der Waals surface area contributed by atoms with E-state index in [-0.39, 0.29) is 0 Å². The molecule has 0 saturated heterocycles. The van der Waals surface area contributed by atoms with Crippen molar-refractivity contribution in [2.75, 3.05) is 0 Å². The van der Waals surface area contributed by atoms with Crippen LogP contribution in [0.15, 0.2) is 0 Å². The van der Waals surface area contributed by atoms with Crippen LogP contribution in [0.1, 0.15) is 79.6 Å². The maximum atomic E-state index is 2.50. The van der Waals surface area contributed by atoms with Gasteiger partial charge in [-0.15, -0.1) is 0 Å². The Morgan fingerprint density at radius 1 is 1.12 bits per heavy atom. The number of unbranched alkanes of at least 4 members (excludes halogenated alkanes) is 1. The Kier molecular flexibility index (Phi) is 5.34. The summed E-state index contributed by atoms with van der Waals surface area (Å²) in [5.74, 6) is 2.96. The smallest absolute Gasteiger partial charge is 0.0323 e. The average molecular weight is 224 g/mol. The molecule has 1 rings (SSSR count). The van der Waals surface area contributed by atoms with Gasteiger partial charge in [-0.3, -0.25) is 0 Å². The molecule has 0 aromatic carbocycles. The van der Waals surface area contributed by atoms with Gasteiger partial charge in [0.1, 0.15) is 0 Å². The van der Waals surface area contributed by atoms with Gasteiger partial charge in [-0.1, -0.05) is 66.7 Å². The fourth-order valence-electron chi connectivity index (χ4n) is 3.64. The lowest BCUT2D eigenvalue weighted by Crippen LogP contribution is -2.42. The van der Waals surface area contributed by atoms with Crippen LogP contribution in [0, 0.1) is 23.2 Å². The van der Waals surface area contributed by atoms with E-state index in [1.807, 2.05) is 0 Å². The molecule has 0 amide bonds. The molecule has 1 aliphatic rings. The van der Waals surface area contributed by atoms with Crippen molar-refractivity contribution in [3.05, 3.63) is 0 Å². The molecule has 1 aliphatic carbocycles. The van der Waals surface area contributed by atoms with Gasteiger partial charge in [0.15, 0.2) is 0 Å². The number of hydrogen-bond acceptors (Lipinski definition) is 0. The summed E-state index contributed by atoms with van der Waals surface area (Å²) in [6, 6.07) is 0. The Labute approximate surface area is 103 Å². The molecule has 0 aliphatic heterocycles. The van der Waals surface area contributed by atoms with Crippen LogP contribution < -0.4 is 0 Å². The van der Waals surface area contributed by atoms with Crippen LogP contribution in [0.4, 0.5) is 0 Å². The van der Waals surface area contributed by atoms with E-state index in [4.69, 9.17) is 0 Å². The maximum Gasteiger partial charge on any atom is -0.0323 e. The molecule has 1 fully saturated rings. The third kappa shape index (κ3) is 3.25. The van der Waals surface area contributed by atoms with E-state index in [0.717, 1.165) is 17.8 Å². The molecule has 0 heterocycles. The second-order valence-corrected chi connectivity index (χ2v) is 6.71. The van der Waals surface area contributed by atoms with Crippen molar-refractivity contribution in [1.82, 2.24) is 0 Å². The molecule has 0 bridgehead atoms. The summed E-state index contributed by atoms with van der Waals surface area (Å²) in [5.41, 5.74) is 0.639. The summed E-state index contributed by atoms with van der Waals surface area (Å²) in [6.45, 7) is 12.1. The third-order valence-electron chi connectivity index (χ3n) is 4.99. The minimum Gasteiger partial charge on any atom is -0.0654 e. The van der Waals surface area contributed by atoms with E-state index in [9.17, 15) is 0 Å². The Morgan fingerprint density at radius 2 is 1.81 bits per heavy atom. The highest BCUT2D eigenvalue weighted by molar-refractivity contribution is 4.93. The highest BCUT2D eigenvalue weighted by Gasteiger charge is 2.43. The molecule has 0 N–H and O–H groups in total. The first-order valence-corrected chi connectivity index (χ1v) is 7.53. The van der Waals surface area contributed by atoms with Gasteiger partial charge in [-0.2, -0.15) is 0 Å². The molecular formula is C16H32. The molecule has 3 unspecified atom stereocenters. The molecule has 0 heteroatoms. The van der Waals surface area contributed by atoms with E-state index < -0.39 is 0 Å². The lowest BCUT2D eigenvalue weighted by atomic mass is 9.55. The molecular weight excluding hydrogens is 192 g/mol. The van der Waals surface area contributed by atoms with Crippen molar-refractivity contribution in [3.8, 4) is 0 Å². The molecule has 3 atom stereocenters. The van der Waals surface area contributed by atoms with Gasteiger partial charge in [0, 0.05) is 0 Å². The summed E-state index contributed by atoms with van der Waals surface area (Å²) in [6.07, 6.45) is 10.0. The SMILES string of the molecule is CCCCC(C)C(CCC)C1CCC1(C)C. The van der Waals surface area contributed by atoms with E-state index in [1.54, 1.807) is 0 Å². The number of hydrogen-bond donors (Lipinski definition) is 0. The minimum absolute atomic E-state index is 0.639. The summed E-state index contributed by atoms with van der Waals surface area (Å²) < 4.78 is 0. The average Bonchev–Trinajstić information content (AvgIpc) is 2.24. The Hall–Kier alpha value is 0. The lowest BCUT2D eigenvalue weighted by Gasteiger charge is -2.51. The Morgan fingerprint density at radius 3 is 2.19 bits per heavy atom. The predicted octanol–water partition coefficient (Wildman–Crippen LogP) is 5.67. The van der Waals surface area contributed by atoms with Crippen LogP contribution in [0.5, 0.6) is 0 Å². The maximum absolute atomic E-state index is 2.50. The first-order chi connectivity index (χ1) is 7.53. The molecule has 0 nitrogen and oxygen atoms in total. The van der Waals surface area contributed by atoms with Gasteiger partial charge in [0.05, 0.1) is 0 Å². The second-order valence-electron chi connectivity index (χ2n) is 6.71. The van der Waals surface area contributed by atoms with E-state index in [2.05, 4.69) is 34.6 Å². The van der Waals surface area contributed by atoms with Gasteiger partial charge in [0.25, 0.3) is 0 Å². The summed E-state index contributed by atoms with van der Waals surface area (Å²) in [4.78, 5) is 0. The van der Waals surface area contributed by atoms with Gasteiger partial charge >= 0.3 is 0 Å². The van der Waals surface area contributed by atoms with Crippen molar-refractivity contribution < 1.29 is 0 Å². The summed E-state index contributed by atoms with van der Waals surface area (Å²) >= 11 is 0. The zero-order chi connectivity index (χ0) is 12.2. The highest BCUT2D eigenvalue weighted by Crippen LogP contribution is 2.53. The van der Waals surface area contributed by atoms with Crippen molar-refractivity contribution >= 4 is 0 Å². The Bertz CT molecular complexity index is 192. The van der Waals surface area contributed by atoms with Gasteiger partial charge < -0.3 is 0 Å². The molecule has 0 aromatic heterocycles. The molecule has 1 saturated carbocycles. The van der Waals surface area contributed by atoms with Crippen LogP contribution in [0.3, 0.4) is 0 Å². The van der Waals surface area contributed by atoms with Crippen molar-refractivity contribution in [2.24, 2.45) is 23.2 Å². The topological polar surface area (TPSA) is 0 Å². The van der Waals surface area contributed by atoms with Crippen molar-refractivity contribution in [1.29, 1.82) is 0 Å². The molecule has 0 radical (unpaired) electrons. The largest absolute Gasteiger partial charge is 0.0654 e. The first kappa shape index (κ1) is 14.1. The summed E-state index contributed by atoms with van der Waals surface area (Å²) in [7, 11) is 0. The van der Waals surface area contributed by atoms with Crippen LogP contribution in [-0.4, -0.2) is 0 Å². The third-order valence-corrected chi connectivity index (χ3v) is 4.99. The lowest BCUT2D eigenvalue weighted by molar-refractivity contribution is -0.00767. The number of rotatable bonds is 7. The van der Waals surface area contributed by atoms with E-state index in [0.29, 0.717) is 5.41 Å². The predicted molar refractivity (Wildman–Crippen MR) is 73.6 cm³/mol. The van der Waals surface area contributed by atoms with Crippen LogP contribution >= 0.6 is 0 Å². The zero-order valence-electron chi connectivity index (χ0n) is 12.2. The quantitative estimate of drug-likeness (QED) is 0.523.